The fourth-order valence-corrected chi connectivity index (χ4v) is 2.38. The summed E-state index contributed by atoms with van der Waals surface area (Å²) < 4.78 is 17.9. The van der Waals surface area contributed by atoms with Crippen LogP contribution in [0.15, 0.2) is 21.1 Å². The highest BCUT2D eigenvalue weighted by Gasteiger charge is 2.12. The Morgan fingerprint density at radius 3 is 2.33 bits per heavy atom. The van der Waals surface area contributed by atoms with E-state index in [0.29, 0.717) is 14.7 Å². The largest absolute Gasteiger partial charge is 0.488 e. The van der Waals surface area contributed by atoms with E-state index < -0.39 is 12.6 Å². The van der Waals surface area contributed by atoms with Gasteiger partial charge in [0.2, 0.25) is 0 Å². The van der Waals surface area contributed by atoms with Gasteiger partial charge in [-0.25, -0.2) is 9.18 Å². The second-order valence-electron chi connectivity index (χ2n) is 2.61. The number of benzene rings is 1. The lowest BCUT2D eigenvalue weighted by Gasteiger charge is -2.09. The first-order chi connectivity index (χ1) is 7.06. The van der Waals surface area contributed by atoms with Crippen LogP contribution in [-0.2, 0) is 0 Å². The summed E-state index contributed by atoms with van der Waals surface area (Å²) in [5.74, 6) is -0.633. The Labute approximate surface area is 102 Å². The first kappa shape index (κ1) is 12.4. The highest BCUT2D eigenvalue weighted by Crippen LogP contribution is 2.34. The first-order valence-corrected chi connectivity index (χ1v) is 5.56. The Morgan fingerprint density at radius 1 is 1.40 bits per heavy atom. The van der Waals surface area contributed by atoms with E-state index in [1.54, 1.807) is 0 Å². The summed E-state index contributed by atoms with van der Waals surface area (Å²) in [5, 5.41) is 8.76. The minimum atomic E-state index is -1.03. The van der Waals surface area contributed by atoms with E-state index in [2.05, 4.69) is 31.9 Å². The molecule has 0 saturated heterocycles. The van der Waals surface area contributed by atoms with Crippen molar-refractivity contribution in [3.63, 3.8) is 0 Å². The van der Waals surface area contributed by atoms with Gasteiger partial charge in [-0.2, -0.15) is 0 Å². The van der Waals surface area contributed by atoms with Gasteiger partial charge < -0.3 is 9.84 Å². The van der Waals surface area contributed by atoms with Crippen molar-refractivity contribution in [3.8, 4) is 5.75 Å². The maximum atomic E-state index is 11.9. The van der Waals surface area contributed by atoms with E-state index in [1.807, 2.05) is 0 Å². The molecule has 0 aromatic heterocycles. The average Bonchev–Trinajstić information content (AvgIpc) is 2.16. The zero-order valence-corrected chi connectivity index (χ0v) is 10.6. The maximum Gasteiger partial charge on any atom is 0.335 e. The van der Waals surface area contributed by atoms with Gasteiger partial charge in [0.05, 0.1) is 14.5 Å². The molecule has 1 aromatic rings. The fraction of sp³-hybridized carbons (Fsp3) is 0.222. The molecule has 1 aromatic carbocycles. The Bertz CT molecular complexity index is 359. The molecule has 0 unspecified atom stereocenters. The molecular weight excluding hydrogens is 335 g/mol. The molecule has 0 bridgehead atoms. The molecule has 0 fully saturated rings. The van der Waals surface area contributed by atoms with Gasteiger partial charge >= 0.3 is 5.97 Å². The minimum Gasteiger partial charge on any atom is -0.488 e. The van der Waals surface area contributed by atoms with Gasteiger partial charge in [-0.3, -0.25) is 0 Å². The molecule has 0 heterocycles. The lowest BCUT2D eigenvalue weighted by atomic mass is 10.2. The Kier molecular flexibility index (Phi) is 4.53. The molecule has 0 atom stereocenters. The number of carbonyl (C=O) groups is 1. The van der Waals surface area contributed by atoms with E-state index in [1.165, 1.54) is 12.1 Å². The van der Waals surface area contributed by atoms with Crippen molar-refractivity contribution in [3.05, 3.63) is 26.6 Å². The van der Waals surface area contributed by atoms with E-state index in [0.717, 1.165) is 0 Å². The van der Waals surface area contributed by atoms with Crippen LogP contribution in [0.3, 0.4) is 0 Å². The summed E-state index contributed by atoms with van der Waals surface area (Å²) in [7, 11) is 0. The molecule has 0 amide bonds. The Balaban J connectivity index is 3.04. The van der Waals surface area contributed by atoms with Gasteiger partial charge in [-0.15, -0.1) is 0 Å². The zero-order chi connectivity index (χ0) is 11.4. The van der Waals surface area contributed by atoms with E-state index >= 15 is 0 Å². The van der Waals surface area contributed by atoms with E-state index in [4.69, 9.17) is 9.84 Å². The smallest absolute Gasteiger partial charge is 0.335 e. The van der Waals surface area contributed by atoms with Gasteiger partial charge in [0.1, 0.15) is 19.0 Å². The molecule has 0 spiro atoms. The van der Waals surface area contributed by atoms with Crippen molar-refractivity contribution in [2.24, 2.45) is 0 Å². The van der Waals surface area contributed by atoms with Crippen LogP contribution in [0.2, 0.25) is 0 Å². The third-order valence-corrected chi connectivity index (χ3v) is 2.75. The summed E-state index contributed by atoms with van der Waals surface area (Å²) in [6.07, 6.45) is 0. The van der Waals surface area contributed by atoms with Gasteiger partial charge in [0.25, 0.3) is 0 Å². The molecule has 0 aliphatic rings. The maximum absolute atomic E-state index is 11.9. The van der Waals surface area contributed by atoms with Crippen LogP contribution in [-0.4, -0.2) is 24.4 Å². The highest BCUT2D eigenvalue weighted by molar-refractivity contribution is 9.11. The van der Waals surface area contributed by atoms with Crippen LogP contribution in [0.25, 0.3) is 0 Å². The summed E-state index contributed by atoms with van der Waals surface area (Å²) >= 11 is 6.31. The summed E-state index contributed by atoms with van der Waals surface area (Å²) in [4.78, 5) is 10.7. The van der Waals surface area contributed by atoms with Crippen LogP contribution in [0.1, 0.15) is 10.4 Å². The second kappa shape index (κ2) is 5.46. The molecule has 0 aliphatic heterocycles. The SMILES string of the molecule is O=C(O)c1cc(Br)c(OCCF)c(Br)c1. The molecule has 0 saturated carbocycles. The number of halogens is 3. The highest BCUT2D eigenvalue weighted by atomic mass is 79.9. The number of ether oxygens (including phenoxy) is 1. The average molecular weight is 342 g/mol. The molecule has 82 valence electrons. The Morgan fingerprint density at radius 2 is 1.93 bits per heavy atom. The van der Waals surface area contributed by atoms with Crippen molar-refractivity contribution in [1.29, 1.82) is 0 Å². The monoisotopic (exact) mass is 340 g/mol. The summed E-state index contributed by atoms with van der Waals surface area (Å²) in [5.41, 5.74) is 0.126. The van der Waals surface area contributed by atoms with Crippen LogP contribution in [0.5, 0.6) is 5.75 Å². The number of carboxylic acid groups (broad SMARTS) is 1. The van der Waals surface area contributed by atoms with E-state index in [9.17, 15) is 9.18 Å². The van der Waals surface area contributed by atoms with Gasteiger partial charge in [0.15, 0.2) is 0 Å². The lowest BCUT2D eigenvalue weighted by Crippen LogP contribution is -2.02. The summed E-state index contributed by atoms with van der Waals surface area (Å²) in [6, 6.07) is 2.81. The lowest BCUT2D eigenvalue weighted by molar-refractivity contribution is 0.0696. The number of carboxylic acids is 1. The number of hydrogen-bond donors (Lipinski definition) is 1. The first-order valence-electron chi connectivity index (χ1n) is 3.97. The molecule has 3 nitrogen and oxygen atoms in total. The normalized spacial score (nSPS) is 10.1. The minimum absolute atomic E-state index is 0.0659. The quantitative estimate of drug-likeness (QED) is 0.914. The third-order valence-electron chi connectivity index (χ3n) is 1.57. The van der Waals surface area contributed by atoms with Gasteiger partial charge in [-0.1, -0.05) is 0 Å². The fourth-order valence-electron chi connectivity index (χ4n) is 0.962. The van der Waals surface area contributed by atoms with Crippen LogP contribution >= 0.6 is 31.9 Å². The molecule has 15 heavy (non-hydrogen) atoms. The zero-order valence-electron chi connectivity index (χ0n) is 7.47. The van der Waals surface area contributed by atoms with Crippen LogP contribution in [0, 0.1) is 0 Å². The number of alkyl halides is 1. The summed E-state index contributed by atoms with van der Waals surface area (Å²) in [6.45, 7) is -0.664. The van der Waals surface area contributed by atoms with E-state index in [-0.39, 0.29) is 12.2 Å². The molecule has 1 rings (SSSR count). The molecular formula is C9H7Br2FO3. The van der Waals surface area contributed by atoms with Crippen molar-refractivity contribution in [2.45, 2.75) is 0 Å². The molecule has 0 radical (unpaired) electrons. The van der Waals surface area contributed by atoms with Crippen molar-refractivity contribution < 1.29 is 19.0 Å². The number of rotatable bonds is 4. The third kappa shape index (κ3) is 3.17. The Hall–Kier alpha value is -0.620. The second-order valence-corrected chi connectivity index (χ2v) is 4.32. The molecule has 6 heteroatoms. The van der Waals surface area contributed by atoms with Crippen LogP contribution in [0.4, 0.5) is 4.39 Å². The van der Waals surface area contributed by atoms with Crippen molar-refractivity contribution in [1.82, 2.24) is 0 Å². The van der Waals surface area contributed by atoms with Gasteiger partial charge in [0, 0.05) is 0 Å². The van der Waals surface area contributed by atoms with Gasteiger partial charge in [-0.05, 0) is 44.0 Å². The number of hydrogen-bond acceptors (Lipinski definition) is 2. The van der Waals surface area contributed by atoms with Crippen LogP contribution < -0.4 is 4.74 Å². The van der Waals surface area contributed by atoms with Crippen molar-refractivity contribution >= 4 is 37.8 Å². The topological polar surface area (TPSA) is 46.5 Å². The van der Waals surface area contributed by atoms with Crippen molar-refractivity contribution in [2.75, 3.05) is 13.3 Å². The molecule has 1 N–H and O–H groups in total. The predicted molar refractivity (Wildman–Crippen MR) is 60.3 cm³/mol. The number of aromatic carboxylic acids is 1. The standard InChI is InChI=1S/C9H7Br2FO3/c10-6-3-5(9(13)14)4-7(11)8(6)15-2-1-12/h3-4H,1-2H2,(H,13,14). The molecule has 0 aliphatic carbocycles. The predicted octanol–water partition coefficient (Wildman–Crippen LogP) is 3.26.